The van der Waals surface area contributed by atoms with Gasteiger partial charge in [0.2, 0.25) is 0 Å². The van der Waals surface area contributed by atoms with Crippen LogP contribution in [0.15, 0.2) is 0 Å². The van der Waals surface area contributed by atoms with Crippen LogP contribution in [-0.2, 0) is 17.1 Å². The Labute approximate surface area is 113 Å². The van der Waals surface area contributed by atoms with Gasteiger partial charge in [-0.25, -0.2) is 0 Å². The number of thiol groups is 2. The van der Waals surface area contributed by atoms with Gasteiger partial charge in [0, 0.05) is 45.3 Å². The van der Waals surface area contributed by atoms with Gasteiger partial charge >= 0.3 is 0 Å². The molecule has 0 aliphatic rings. The Kier molecular flexibility index (Phi) is 16.7. The first-order valence-electron chi connectivity index (χ1n) is 3.09. The van der Waals surface area contributed by atoms with Crippen LogP contribution in [0.5, 0.6) is 0 Å². The first-order valence-corrected chi connectivity index (χ1v) is 4.80. The van der Waals surface area contributed by atoms with Crippen LogP contribution in [0.2, 0.25) is 0 Å². The zero-order valence-electron chi connectivity index (χ0n) is 7.91. The molecule has 0 N–H and O–H groups in total. The summed E-state index contributed by atoms with van der Waals surface area (Å²) in [6.07, 6.45) is 0. The van der Waals surface area contributed by atoms with Gasteiger partial charge in [-0.05, 0) is 0 Å². The van der Waals surface area contributed by atoms with Crippen molar-refractivity contribution in [3.63, 3.8) is 0 Å². The monoisotopic (exact) mass is 305 g/mol. The number of hydrogen-bond acceptors (Lipinski definition) is 2. The fourth-order valence-corrected chi connectivity index (χ4v) is 0. The van der Waals surface area contributed by atoms with E-state index in [-0.39, 0.29) is 17.1 Å². The Bertz CT molecular complexity index is 143. The minimum atomic E-state index is 0. The molecule has 0 aliphatic carbocycles. The molecule has 0 heterocycles. The third-order valence-corrected chi connectivity index (χ3v) is 2.30. The summed E-state index contributed by atoms with van der Waals surface area (Å²) in [5.74, 6) is 0. The molecule has 0 aromatic carbocycles. The van der Waals surface area contributed by atoms with E-state index in [0.29, 0.717) is 8.64 Å². The van der Waals surface area contributed by atoms with Gasteiger partial charge in [0.15, 0.2) is 0 Å². The largest absolute Gasteiger partial charge is 0.364 e. The Morgan fingerprint density at radius 3 is 0.923 bits per heavy atom. The Morgan fingerprint density at radius 1 is 0.846 bits per heavy atom. The second-order valence-electron chi connectivity index (χ2n) is 2.35. The molecule has 0 fully saturated rings. The van der Waals surface area contributed by atoms with Crippen LogP contribution < -0.4 is 0 Å². The first kappa shape index (κ1) is 19.6. The fraction of sp³-hybridized carbons (Fsp3) is 0.667. The van der Waals surface area contributed by atoms with E-state index in [4.69, 9.17) is 0 Å². The normalized spacial score (nSPS) is 7.23. The van der Waals surface area contributed by atoms with Crippen LogP contribution >= 0.6 is 49.7 Å². The molecule has 0 bridgehead atoms. The van der Waals surface area contributed by atoms with E-state index >= 15 is 0 Å². The number of thiocarbonyl (C=S) groups is 2. The topological polar surface area (TPSA) is 6.48 Å². The molecule has 2 nitrogen and oxygen atoms in total. The summed E-state index contributed by atoms with van der Waals surface area (Å²) in [6, 6.07) is 0. The molecular formula is C6H14CuN2S4. The van der Waals surface area contributed by atoms with Crippen molar-refractivity contribution >= 4 is 58.3 Å². The van der Waals surface area contributed by atoms with Crippen LogP contribution in [-0.4, -0.2) is 46.6 Å². The van der Waals surface area contributed by atoms with Crippen LogP contribution in [0.3, 0.4) is 0 Å². The van der Waals surface area contributed by atoms with E-state index in [1.807, 2.05) is 28.2 Å². The quantitative estimate of drug-likeness (QED) is 0.398. The standard InChI is InChI=1S/2C3H7NS2.Cu/c2*1-4(2)3(5)6;/h2*1-2H3,(H,5,6);. The summed E-state index contributed by atoms with van der Waals surface area (Å²) in [5.41, 5.74) is 0. The Balaban J connectivity index is -0.000000143. The van der Waals surface area contributed by atoms with Crippen molar-refractivity contribution in [3.8, 4) is 0 Å². The summed E-state index contributed by atoms with van der Waals surface area (Å²) in [5, 5.41) is 0. The summed E-state index contributed by atoms with van der Waals surface area (Å²) in [4.78, 5) is 3.52. The maximum absolute atomic E-state index is 4.61. The van der Waals surface area contributed by atoms with Crippen molar-refractivity contribution in [2.24, 2.45) is 0 Å². The average Bonchev–Trinajstić information content (AvgIpc) is 1.88. The summed E-state index contributed by atoms with van der Waals surface area (Å²) < 4.78 is 1.24. The third kappa shape index (κ3) is 19.4. The fourth-order valence-electron chi connectivity index (χ4n) is 0. The maximum atomic E-state index is 4.61. The number of hydrogen-bond donors (Lipinski definition) is 2. The van der Waals surface area contributed by atoms with E-state index in [2.05, 4.69) is 49.7 Å². The van der Waals surface area contributed by atoms with E-state index in [0.717, 1.165) is 0 Å². The van der Waals surface area contributed by atoms with E-state index in [1.54, 1.807) is 9.80 Å². The second-order valence-corrected chi connectivity index (χ2v) is 4.58. The van der Waals surface area contributed by atoms with Gasteiger partial charge in [0.05, 0.1) is 0 Å². The van der Waals surface area contributed by atoms with Crippen molar-refractivity contribution in [1.82, 2.24) is 9.80 Å². The molecule has 0 saturated carbocycles. The van der Waals surface area contributed by atoms with Crippen molar-refractivity contribution in [2.75, 3.05) is 28.2 Å². The van der Waals surface area contributed by atoms with Gasteiger partial charge < -0.3 is 9.80 Å². The molecule has 83 valence electrons. The summed E-state index contributed by atoms with van der Waals surface area (Å²) in [6.45, 7) is 0. The number of rotatable bonds is 0. The minimum Gasteiger partial charge on any atom is -0.364 e. The molecule has 0 rings (SSSR count). The van der Waals surface area contributed by atoms with Crippen LogP contribution in [0.25, 0.3) is 0 Å². The summed E-state index contributed by atoms with van der Waals surface area (Å²) in [7, 11) is 7.43. The Morgan fingerprint density at radius 2 is 0.923 bits per heavy atom. The summed E-state index contributed by atoms with van der Waals surface area (Å²) >= 11 is 16.9. The average molecular weight is 306 g/mol. The van der Waals surface area contributed by atoms with Gasteiger partial charge in [0.25, 0.3) is 0 Å². The second kappa shape index (κ2) is 11.1. The molecule has 0 aromatic heterocycles. The van der Waals surface area contributed by atoms with Gasteiger partial charge in [-0.3, -0.25) is 0 Å². The molecule has 0 atom stereocenters. The zero-order valence-corrected chi connectivity index (χ0v) is 12.3. The Hall–Kier alpha value is 0.999. The van der Waals surface area contributed by atoms with Gasteiger partial charge in [0.1, 0.15) is 8.64 Å². The van der Waals surface area contributed by atoms with Crippen molar-refractivity contribution in [3.05, 3.63) is 0 Å². The smallest absolute Gasteiger partial charge is 0.132 e. The molecular weight excluding hydrogens is 292 g/mol. The molecule has 1 radical (unpaired) electrons. The van der Waals surface area contributed by atoms with E-state index in [9.17, 15) is 0 Å². The maximum Gasteiger partial charge on any atom is 0.132 e. The predicted molar refractivity (Wildman–Crippen MR) is 70.5 cm³/mol. The van der Waals surface area contributed by atoms with Crippen LogP contribution in [0.1, 0.15) is 0 Å². The molecule has 0 aliphatic heterocycles. The molecule has 0 amide bonds. The van der Waals surface area contributed by atoms with E-state index in [1.165, 1.54) is 0 Å². The zero-order chi connectivity index (χ0) is 10.3. The van der Waals surface area contributed by atoms with Crippen molar-refractivity contribution in [2.45, 2.75) is 0 Å². The molecule has 0 unspecified atom stereocenters. The molecule has 0 saturated heterocycles. The van der Waals surface area contributed by atoms with Crippen LogP contribution in [0, 0.1) is 0 Å². The van der Waals surface area contributed by atoms with Gasteiger partial charge in [-0.2, -0.15) is 0 Å². The third-order valence-electron chi connectivity index (χ3n) is 0.765. The molecule has 0 spiro atoms. The van der Waals surface area contributed by atoms with Crippen molar-refractivity contribution in [1.29, 1.82) is 0 Å². The molecule has 7 heteroatoms. The first-order chi connectivity index (χ1) is 5.29. The molecule has 13 heavy (non-hydrogen) atoms. The van der Waals surface area contributed by atoms with Crippen LogP contribution in [0.4, 0.5) is 0 Å². The SMILES string of the molecule is CN(C)C(=S)S.CN(C)C(=S)S.[Cu]. The predicted octanol–water partition coefficient (Wildman–Crippen LogP) is 1.52. The molecule has 0 aromatic rings. The van der Waals surface area contributed by atoms with E-state index < -0.39 is 0 Å². The minimum absolute atomic E-state index is 0. The van der Waals surface area contributed by atoms with Gasteiger partial charge in [-0.15, -0.1) is 25.3 Å². The van der Waals surface area contributed by atoms with Crippen molar-refractivity contribution < 1.29 is 17.1 Å². The van der Waals surface area contributed by atoms with Gasteiger partial charge in [-0.1, -0.05) is 24.4 Å². The number of nitrogens with zero attached hydrogens (tertiary/aromatic N) is 2.